The van der Waals surface area contributed by atoms with E-state index >= 15 is 0 Å². The highest BCUT2D eigenvalue weighted by atomic mass is 32.1. The molecule has 1 N–H and O–H groups in total. The number of hydrogen-bond acceptors (Lipinski definition) is 5. The molecule has 4 rings (SSSR count). The van der Waals surface area contributed by atoms with E-state index in [-0.39, 0.29) is 5.91 Å². The number of amides is 1. The summed E-state index contributed by atoms with van der Waals surface area (Å²) in [6, 6.07) is 13.7. The number of fused-ring (bicyclic) bond motifs is 1. The number of nitrogens with one attached hydrogen (secondary N) is 1. The van der Waals surface area contributed by atoms with Gasteiger partial charge < -0.3 is 10.1 Å². The molecule has 0 atom stereocenters. The topological polar surface area (TPSA) is 69.0 Å². The first-order valence-corrected chi connectivity index (χ1v) is 10.9. The Morgan fingerprint density at radius 1 is 1.20 bits per heavy atom. The van der Waals surface area contributed by atoms with Crippen LogP contribution in [0.15, 0.2) is 47.8 Å². The number of aryl methyl sites for hydroxylation is 2. The van der Waals surface area contributed by atoms with Crippen molar-refractivity contribution in [2.45, 2.75) is 27.2 Å². The van der Waals surface area contributed by atoms with Crippen LogP contribution in [0.25, 0.3) is 15.9 Å². The Bertz CT molecular complexity index is 1200. The Hall–Kier alpha value is -3.19. The van der Waals surface area contributed by atoms with Crippen molar-refractivity contribution in [1.29, 1.82) is 0 Å². The number of hydrogen-bond donors (Lipinski definition) is 1. The number of rotatable bonds is 7. The van der Waals surface area contributed by atoms with Gasteiger partial charge in [-0.1, -0.05) is 30.3 Å². The van der Waals surface area contributed by atoms with Gasteiger partial charge in [-0.2, -0.15) is 5.10 Å². The molecule has 6 nitrogen and oxygen atoms in total. The van der Waals surface area contributed by atoms with Crippen molar-refractivity contribution in [3.05, 3.63) is 70.5 Å². The zero-order valence-corrected chi connectivity index (χ0v) is 18.1. The van der Waals surface area contributed by atoms with Gasteiger partial charge in [0.25, 0.3) is 5.91 Å². The number of aromatic nitrogens is 3. The van der Waals surface area contributed by atoms with Crippen molar-refractivity contribution >= 4 is 28.0 Å². The van der Waals surface area contributed by atoms with Gasteiger partial charge in [0, 0.05) is 24.0 Å². The summed E-state index contributed by atoms with van der Waals surface area (Å²) in [5, 5.41) is 12.3. The summed E-state index contributed by atoms with van der Waals surface area (Å²) in [7, 11) is 0. The molecule has 2 aromatic carbocycles. The van der Waals surface area contributed by atoms with Gasteiger partial charge >= 0.3 is 0 Å². The van der Waals surface area contributed by atoms with Crippen LogP contribution in [-0.4, -0.2) is 33.8 Å². The maximum Gasteiger partial charge on any atom is 0.255 e. The van der Waals surface area contributed by atoms with Crippen molar-refractivity contribution in [3.8, 4) is 10.9 Å². The first kappa shape index (κ1) is 20.1. The average Bonchev–Trinajstić information content (AvgIpc) is 3.33. The molecule has 0 saturated heterocycles. The molecule has 30 heavy (non-hydrogen) atoms. The maximum atomic E-state index is 13.0. The smallest absolute Gasteiger partial charge is 0.255 e. The number of carbonyl (C=O) groups excluding carboxylic acids is 1. The fraction of sp³-hybridized carbons (Fsp3) is 0.261. The van der Waals surface area contributed by atoms with Crippen molar-refractivity contribution in [2.75, 3.05) is 13.2 Å². The third-order valence-corrected chi connectivity index (χ3v) is 5.68. The molecular formula is C23H24N4O2S. The van der Waals surface area contributed by atoms with Crippen molar-refractivity contribution in [2.24, 2.45) is 0 Å². The molecule has 0 unspecified atom stereocenters. The summed E-state index contributed by atoms with van der Waals surface area (Å²) in [6.07, 6.45) is 0.649. The fourth-order valence-corrected chi connectivity index (χ4v) is 4.35. The first-order chi connectivity index (χ1) is 14.6. The third kappa shape index (κ3) is 4.07. The standard InChI is InChI=1S/C23H24N4O2S/c1-4-29-20-10-9-17-7-5-6-8-19(17)21(20)22(28)24-12-11-18-14-30-23(25-18)27-16(3)13-15(2)26-27/h5-10,13-14H,4,11-12H2,1-3H3,(H,24,28). The van der Waals surface area contributed by atoms with Crippen LogP contribution in [0.2, 0.25) is 0 Å². The number of benzene rings is 2. The number of ether oxygens (including phenoxy) is 1. The highest BCUT2D eigenvalue weighted by molar-refractivity contribution is 7.12. The third-order valence-electron chi connectivity index (χ3n) is 4.81. The minimum absolute atomic E-state index is 0.135. The van der Waals surface area contributed by atoms with Crippen molar-refractivity contribution in [3.63, 3.8) is 0 Å². The Morgan fingerprint density at radius 3 is 2.80 bits per heavy atom. The van der Waals surface area contributed by atoms with Crippen LogP contribution in [0.5, 0.6) is 5.75 Å². The minimum Gasteiger partial charge on any atom is -0.493 e. The second-order valence-electron chi connectivity index (χ2n) is 7.06. The van der Waals surface area contributed by atoms with E-state index in [0.29, 0.717) is 30.9 Å². The Kier molecular flexibility index (Phi) is 5.81. The minimum atomic E-state index is -0.135. The number of thiazole rings is 1. The molecule has 0 aliphatic rings. The molecule has 0 bridgehead atoms. The van der Waals surface area contributed by atoms with E-state index in [1.807, 2.05) is 73.3 Å². The first-order valence-electron chi connectivity index (χ1n) is 9.97. The van der Waals surface area contributed by atoms with E-state index in [0.717, 1.165) is 33.0 Å². The second-order valence-corrected chi connectivity index (χ2v) is 7.90. The van der Waals surface area contributed by atoms with Gasteiger partial charge in [0.2, 0.25) is 5.13 Å². The van der Waals surface area contributed by atoms with Crippen LogP contribution in [0.1, 0.15) is 34.4 Å². The van der Waals surface area contributed by atoms with Crippen LogP contribution in [0, 0.1) is 13.8 Å². The van der Waals surface area contributed by atoms with E-state index in [1.165, 1.54) is 0 Å². The molecular weight excluding hydrogens is 396 g/mol. The van der Waals surface area contributed by atoms with E-state index in [2.05, 4.69) is 15.4 Å². The second kappa shape index (κ2) is 8.67. The highest BCUT2D eigenvalue weighted by Crippen LogP contribution is 2.28. The van der Waals surface area contributed by atoms with Crippen LogP contribution in [0.3, 0.4) is 0 Å². The molecule has 0 fully saturated rings. The van der Waals surface area contributed by atoms with Gasteiger partial charge in [0.05, 0.1) is 23.6 Å². The largest absolute Gasteiger partial charge is 0.493 e. The lowest BCUT2D eigenvalue weighted by atomic mass is 10.0. The highest BCUT2D eigenvalue weighted by Gasteiger charge is 2.16. The predicted octanol–water partition coefficient (Wildman–Crippen LogP) is 4.47. The summed E-state index contributed by atoms with van der Waals surface area (Å²) in [4.78, 5) is 17.7. The van der Waals surface area contributed by atoms with Gasteiger partial charge in [-0.25, -0.2) is 9.67 Å². The van der Waals surface area contributed by atoms with Crippen LogP contribution in [0.4, 0.5) is 0 Å². The molecule has 0 radical (unpaired) electrons. The Balaban J connectivity index is 1.47. The normalized spacial score (nSPS) is 11.0. The van der Waals surface area contributed by atoms with Gasteiger partial charge in [-0.15, -0.1) is 11.3 Å². The van der Waals surface area contributed by atoms with Crippen LogP contribution in [-0.2, 0) is 6.42 Å². The van der Waals surface area contributed by atoms with Crippen molar-refractivity contribution < 1.29 is 9.53 Å². The van der Waals surface area contributed by atoms with Gasteiger partial charge in [0.15, 0.2) is 0 Å². The molecule has 0 spiro atoms. The summed E-state index contributed by atoms with van der Waals surface area (Å²) in [5.41, 5.74) is 3.54. The lowest BCUT2D eigenvalue weighted by molar-refractivity contribution is 0.0952. The Morgan fingerprint density at radius 2 is 2.03 bits per heavy atom. The van der Waals surface area contributed by atoms with Gasteiger partial charge in [-0.05, 0) is 43.7 Å². The molecule has 2 aromatic heterocycles. The van der Waals surface area contributed by atoms with E-state index < -0.39 is 0 Å². The average molecular weight is 421 g/mol. The fourth-order valence-electron chi connectivity index (χ4n) is 3.48. The molecule has 1 amide bonds. The van der Waals surface area contributed by atoms with E-state index in [1.54, 1.807) is 11.3 Å². The zero-order chi connectivity index (χ0) is 21.1. The lowest BCUT2D eigenvalue weighted by Gasteiger charge is -2.13. The maximum absolute atomic E-state index is 13.0. The van der Waals surface area contributed by atoms with Crippen molar-refractivity contribution in [1.82, 2.24) is 20.1 Å². The molecule has 2 heterocycles. The molecule has 0 aliphatic heterocycles. The molecule has 0 aliphatic carbocycles. The lowest BCUT2D eigenvalue weighted by Crippen LogP contribution is -2.26. The van der Waals surface area contributed by atoms with Gasteiger partial charge in [0.1, 0.15) is 5.75 Å². The van der Waals surface area contributed by atoms with Crippen LogP contribution >= 0.6 is 11.3 Å². The summed E-state index contributed by atoms with van der Waals surface area (Å²) in [6.45, 7) is 6.90. The predicted molar refractivity (Wildman–Crippen MR) is 120 cm³/mol. The molecule has 4 aromatic rings. The number of nitrogens with zero attached hydrogens (tertiary/aromatic N) is 3. The van der Waals surface area contributed by atoms with Gasteiger partial charge in [-0.3, -0.25) is 4.79 Å². The monoisotopic (exact) mass is 420 g/mol. The van der Waals surface area contributed by atoms with Crippen LogP contribution < -0.4 is 10.1 Å². The number of carbonyl (C=O) groups is 1. The molecule has 154 valence electrons. The summed E-state index contributed by atoms with van der Waals surface area (Å²) < 4.78 is 7.57. The molecule has 7 heteroatoms. The summed E-state index contributed by atoms with van der Waals surface area (Å²) in [5.74, 6) is 0.471. The Labute approximate surface area is 179 Å². The summed E-state index contributed by atoms with van der Waals surface area (Å²) >= 11 is 1.55. The molecule has 0 saturated carbocycles. The zero-order valence-electron chi connectivity index (χ0n) is 17.3. The SMILES string of the molecule is CCOc1ccc2ccccc2c1C(=O)NCCc1csc(-n2nc(C)cc2C)n1. The van der Waals surface area contributed by atoms with E-state index in [9.17, 15) is 4.79 Å². The quantitative estimate of drug-likeness (QED) is 0.479. The van der Waals surface area contributed by atoms with E-state index in [4.69, 9.17) is 4.74 Å².